The molecule has 1 aromatic rings. The predicted octanol–water partition coefficient (Wildman–Crippen LogP) is 1.84. The van der Waals surface area contributed by atoms with Crippen molar-refractivity contribution in [3.8, 4) is 0 Å². The summed E-state index contributed by atoms with van der Waals surface area (Å²) in [5.74, 6) is 0.471. The number of anilines is 1. The number of hydrogen-bond donors (Lipinski definition) is 1. The second-order valence-electron chi connectivity index (χ2n) is 4.70. The molecule has 1 aromatic heterocycles. The van der Waals surface area contributed by atoms with E-state index in [4.69, 9.17) is 5.73 Å². The molecular formula is C11H19N3O2S2. The van der Waals surface area contributed by atoms with Crippen molar-refractivity contribution in [1.29, 1.82) is 0 Å². The molecule has 0 saturated carbocycles. The maximum Gasteiger partial charge on any atom is 0.254 e. The van der Waals surface area contributed by atoms with Gasteiger partial charge < -0.3 is 5.73 Å². The van der Waals surface area contributed by atoms with Gasteiger partial charge in [-0.25, -0.2) is 13.4 Å². The molecule has 5 nitrogen and oxygen atoms in total. The van der Waals surface area contributed by atoms with Crippen LogP contribution in [-0.4, -0.2) is 30.8 Å². The third kappa shape index (κ3) is 2.53. The first kappa shape index (κ1) is 13.8. The minimum Gasteiger partial charge on any atom is -0.375 e. The molecule has 1 aliphatic heterocycles. The average Bonchev–Trinajstić information content (AvgIpc) is 2.69. The fraction of sp³-hybridized carbons (Fsp3) is 0.727. The molecule has 1 aliphatic rings. The summed E-state index contributed by atoms with van der Waals surface area (Å²) < 4.78 is 26.9. The lowest BCUT2D eigenvalue weighted by atomic mass is 9.97. The summed E-state index contributed by atoms with van der Waals surface area (Å²) in [7, 11) is -3.41. The summed E-state index contributed by atoms with van der Waals surface area (Å²) in [4.78, 5) is 4.00. The molecule has 0 aliphatic carbocycles. The van der Waals surface area contributed by atoms with Crippen molar-refractivity contribution >= 4 is 26.5 Å². The maximum absolute atomic E-state index is 12.5. The molecule has 2 rings (SSSR count). The number of aromatic nitrogens is 1. The van der Waals surface area contributed by atoms with Crippen LogP contribution < -0.4 is 5.73 Å². The fourth-order valence-electron chi connectivity index (χ4n) is 2.34. The first-order valence-corrected chi connectivity index (χ1v) is 8.44. The molecule has 0 amide bonds. The third-order valence-electron chi connectivity index (χ3n) is 3.40. The van der Waals surface area contributed by atoms with E-state index in [1.165, 1.54) is 0 Å². The zero-order valence-electron chi connectivity index (χ0n) is 10.7. The first-order chi connectivity index (χ1) is 8.45. The molecule has 1 saturated heterocycles. The zero-order chi connectivity index (χ0) is 13.3. The third-order valence-corrected chi connectivity index (χ3v) is 6.84. The Hall–Kier alpha value is -0.660. The smallest absolute Gasteiger partial charge is 0.254 e. The molecule has 0 spiro atoms. The Balaban J connectivity index is 2.28. The van der Waals surface area contributed by atoms with Gasteiger partial charge in [-0.05, 0) is 25.7 Å². The van der Waals surface area contributed by atoms with Crippen LogP contribution in [0.3, 0.4) is 0 Å². The first-order valence-electron chi connectivity index (χ1n) is 6.18. The molecule has 18 heavy (non-hydrogen) atoms. The monoisotopic (exact) mass is 289 g/mol. The Labute approximate surface area is 112 Å². The molecule has 0 bridgehead atoms. The summed E-state index contributed by atoms with van der Waals surface area (Å²) in [6.45, 7) is 5.03. The summed E-state index contributed by atoms with van der Waals surface area (Å²) in [6, 6.07) is 0. The molecule has 0 aromatic carbocycles. The highest BCUT2D eigenvalue weighted by Crippen LogP contribution is 2.31. The van der Waals surface area contributed by atoms with Crippen molar-refractivity contribution in [1.82, 2.24) is 9.29 Å². The van der Waals surface area contributed by atoms with Gasteiger partial charge in [0.2, 0.25) is 0 Å². The number of nitrogen functional groups attached to an aromatic ring is 1. The van der Waals surface area contributed by atoms with E-state index >= 15 is 0 Å². The number of nitrogens with zero attached hydrogens (tertiary/aromatic N) is 2. The van der Waals surface area contributed by atoms with Gasteiger partial charge in [0.05, 0.1) is 5.69 Å². The van der Waals surface area contributed by atoms with E-state index in [-0.39, 0.29) is 0 Å². The van der Waals surface area contributed by atoms with Crippen molar-refractivity contribution in [3.63, 3.8) is 0 Å². The minimum absolute atomic E-state index is 0.303. The Morgan fingerprint density at radius 1 is 1.56 bits per heavy atom. The highest BCUT2D eigenvalue weighted by Gasteiger charge is 2.32. The van der Waals surface area contributed by atoms with Crippen LogP contribution in [0.25, 0.3) is 0 Å². The molecule has 2 N–H and O–H groups in total. The summed E-state index contributed by atoms with van der Waals surface area (Å²) >= 11 is 1.06. The van der Waals surface area contributed by atoms with E-state index in [2.05, 4.69) is 11.9 Å². The largest absolute Gasteiger partial charge is 0.375 e. The Morgan fingerprint density at radius 3 is 2.83 bits per heavy atom. The molecule has 2 heterocycles. The van der Waals surface area contributed by atoms with Crippen molar-refractivity contribution in [2.24, 2.45) is 5.92 Å². The van der Waals surface area contributed by atoms with Crippen molar-refractivity contribution in [3.05, 3.63) is 5.69 Å². The number of rotatable bonds is 3. The van der Waals surface area contributed by atoms with Gasteiger partial charge in [-0.15, -0.1) is 0 Å². The van der Waals surface area contributed by atoms with Crippen LogP contribution in [0.5, 0.6) is 0 Å². The van der Waals surface area contributed by atoms with Crippen LogP contribution in [0.2, 0.25) is 0 Å². The number of sulfonamides is 1. The van der Waals surface area contributed by atoms with Crippen LogP contribution in [0, 0.1) is 12.8 Å². The molecule has 0 radical (unpaired) electrons. The van der Waals surface area contributed by atoms with E-state index in [9.17, 15) is 8.42 Å². The highest BCUT2D eigenvalue weighted by atomic mass is 32.2. The molecule has 7 heteroatoms. The van der Waals surface area contributed by atoms with Crippen LogP contribution in [-0.2, 0) is 10.0 Å². The minimum atomic E-state index is -3.41. The van der Waals surface area contributed by atoms with E-state index in [0.717, 1.165) is 30.6 Å². The molecule has 1 atom stereocenters. The lowest BCUT2D eigenvalue weighted by molar-refractivity contribution is 0.262. The topological polar surface area (TPSA) is 76.3 Å². The van der Waals surface area contributed by atoms with Gasteiger partial charge in [-0.1, -0.05) is 24.7 Å². The van der Waals surface area contributed by atoms with Gasteiger partial charge in [-0.3, -0.25) is 0 Å². The van der Waals surface area contributed by atoms with Gasteiger partial charge in [0.25, 0.3) is 10.0 Å². The standard InChI is InChI=1S/C11H19N3O2S2/c1-3-9-5-4-6-14(7-9)18(15,16)10-8(2)13-11(12)17-10/h9H,3-7H2,1-2H3,(H2,12,13). The number of thiazole rings is 1. The molecule has 102 valence electrons. The quantitative estimate of drug-likeness (QED) is 0.921. The van der Waals surface area contributed by atoms with Gasteiger partial charge in [0.15, 0.2) is 9.34 Å². The van der Waals surface area contributed by atoms with Crippen LogP contribution >= 0.6 is 11.3 Å². The average molecular weight is 289 g/mol. The SMILES string of the molecule is CCC1CCCN(S(=O)(=O)c2sc(N)nc2C)C1. The Kier molecular flexibility index (Phi) is 3.93. The molecule has 1 unspecified atom stereocenters. The van der Waals surface area contributed by atoms with E-state index < -0.39 is 10.0 Å². The van der Waals surface area contributed by atoms with Gasteiger partial charge in [0, 0.05) is 13.1 Å². The number of piperidine rings is 1. The molecule has 1 fully saturated rings. The lowest BCUT2D eigenvalue weighted by Gasteiger charge is -2.31. The summed E-state index contributed by atoms with van der Waals surface area (Å²) in [5.41, 5.74) is 6.09. The number of aryl methyl sites for hydroxylation is 1. The second kappa shape index (κ2) is 5.14. The van der Waals surface area contributed by atoms with E-state index in [1.54, 1.807) is 11.2 Å². The zero-order valence-corrected chi connectivity index (χ0v) is 12.4. The second-order valence-corrected chi connectivity index (χ2v) is 7.87. The van der Waals surface area contributed by atoms with Crippen molar-refractivity contribution < 1.29 is 8.42 Å². The van der Waals surface area contributed by atoms with Gasteiger partial charge in [0.1, 0.15) is 0 Å². The Bertz CT molecular complexity index is 524. The molecular weight excluding hydrogens is 270 g/mol. The number of hydrogen-bond acceptors (Lipinski definition) is 5. The van der Waals surface area contributed by atoms with E-state index in [1.807, 2.05) is 0 Å². The van der Waals surface area contributed by atoms with Crippen LogP contribution in [0.4, 0.5) is 5.13 Å². The Morgan fingerprint density at radius 2 is 2.28 bits per heavy atom. The van der Waals surface area contributed by atoms with E-state index in [0.29, 0.717) is 34.0 Å². The lowest BCUT2D eigenvalue weighted by Crippen LogP contribution is -2.39. The van der Waals surface area contributed by atoms with Crippen molar-refractivity contribution in [2.45, 2.75) is 37.3 Å². The van der Waals surface area contributed by atoms with Crippen molar-refractivity contribution in [2.75, 3.05) is 18.8 Å². The summed E-state index contributed by atoms with van der Waals surface area (Å²) in [5, 5.41) is 0.315. The van der Waals surface area contributed by atoms with Gasteiger partial charge >= 0.3 is 0 Å². The highest BCUT2D eigenvalue weighted by molar-refractivity contribution is 7.91. The predicted molar refractivity (Wildman–Crippen MR) is 73.0 cm³/mol. The number of nitrogens with two attached hydrogens (primary N) is 1. The van der Waals surface area contributed by atoms with Gasteiger partial charge in [-0.2, -0.15) is 4.31 Å². The maximum atomic E-state index is 12.5. The van der Waals surface area contributed by atoms with Crippen LogP contribution in [0.1, 0.15) is 31.9 Å². The summed E-state index contributed by atoms with van der Waals surface area (Å²) in [6.07, 6.45) is 3.08. The fourth-order valence-corrected chi connectivity index (χ4v) is 5.33. The van der Waals surface area contributed by atoms with Crippen LogP contribution in [0.15, 0.2) is 4.21 Å². The normalized spacial score (nSPS) is 22.2.